The molecule has 0 bridgehead atoms. The van der Waals surface area contributed by atoms with Gasteiger partial charge >= 0.3 is 5.97 Å². The number of carbonyl (C=O) groups is 3. The second kappa shape index (κ2) is 15.6. The molecule has 0 spiro atoms. The van der Waals surface area contributed by atoms with Crippen LogP contribution in [0.2, 0.25) is 5.02 Å². The number of rotatable bonds is 15. The summed E-state index contributed by atoms with van der Waals surface area (Å²) in [5, 5.41) is 13.5. The Balaban J connectivity index is 1.35. The number of carbonyl (C=O) groups excluding carboxylic acids is 2. The lowest BCUT2D eigenvalue weighted by Gasteiger charge is -2.24. The van der Waals surface area contributed by atoms with Crippen LogP contribution in [0.5, 0.6) is 5.75 Å². The van der Waals surface area contributed by atoms with Gasteiger partial charge in [-0.05, 0) is 54.8 Å². The van der Waals surface area contributed by atoms with Crippen LogP contribution in [0.3, 0.4) is 0 Å². The van der Waals surface area contributed by atoms with Crippen LogP contribution in [-0.2, 0) is 16.0 Å². The van der Waals surface area contributed by atoms with Crippen LogP contribution in [0.4, 0.5) is 11.4 Å². The van der Waals surface area contributed by atoms with Crippen molar-refractivity contribution in [2.45, 2.75) is 38.6 Å². The van der Waals surface area contributed by atoms with E-state index in [9.17, 15) is 19.5 Å². The number of amides is 1. The van der Waals surface area contributed by atoms with Crippen LogP contribution >= 0.6 is 11.6 Å². The second-order valence-corrected chi connectivity index (χ2v) is 10.5. The van der Waals surface area contributed by atoms with Crippen molar-refractivity contribution in [3.05, 3.63) is 125 Å². The summed E-state index contributed by atoms with van der Waals surface area (Å²) in [5.41, 5.74) is 2.90. The Kier molecular flexibility index (Phi) is 11.3. The fourth-order valence-corrected chi connectivity index (χ4v) is 4.95. The average Bonchev–Trinajstić information content (AvgIpc) is 3.02. The molecule has 4 aromatic carbocycles. The van der Waals surface area contributed by atoms with Gasteiger partial charge in [0.25, 0.3) is 0 Å². The molecule has 0 aliphatic carbocycles. The Morgan fingerprint density at radius 2 is 1.56 bits per heavy atom. The molecule has 1 amide bonds. The van der Waals surface area contributed by atoms with Crippen molar-refractivity contribution in [2.75, 3.05) is 23.4 Å². The van der Waals surface area contributed by atoms with Gasteiger partial charge in [0.2, 0.25) is 5.91 Å². The summed E-state index contributed by atoms with van der Waals surface area (Å²) in [6, 6.07) is 29.4. The van der Waals surface area contributed by atoms with E-state index >= 15 is 0 Å². The van der Waals surface area contributed by atoms with Gasteiger partial charge < -0.3 is 20.1 Å². The third-order valence-electron chi connectivity index (χ3n) is 6.90. The first-order chi connectivity index (χ1) is 20.9. The fourth-order valence-electron chi connectivity index (χ4n) is 4.71. The van der Waals surface area contributed by atoms with Crippen LogP contribution in [0.25, 0.3) is 0 Å². The molecule has 0 radical (unpaired) electrons. The Morgan fingerprint density at radius 1 is 0.884 bits per heavy atom. The highest BCUT2D eigenvalue weighted by atomic mass is 35.5. The molecule has 4 aromatic rings. The van der Waals surface area contributed by atoms with Gasteiger partial charge in [0.05, 0.1) is 17.3 Å². The lowest BCUT2D eigenvalue weighted by atomic mass is 10.00. The summed E-state index contributed by atoms with van der Waals surface area (Å²) in [5.74, 6) is -0.540. The van der Waals surface area contributed by atoms with Gasteiger partial charge in [-0.1, -0.05) is 85.3 Å². The molecule has 0 saturated heterocycles. The molecule has 1 atom stereocenters. The van der Waals surface area contributed by atoms with Crippen molar-refractivity contribution >= 4 is 40.6 Å². The Morgan fingerprint density at radius 3 is 2.26 bits per heavy atom. The smallest absolute Gasteiger partial charge is 0.326 e. The Bertz CT molecular complexity index is 1530. The molecule has 0 aliphatic heterocycles. The van der Waals surface area contributed by atoms with Gasteiger partial charge in [-0.3, -0.25) is 9.59 Å². The summed E-state index contributed by atoms with van der Waals surface area (Å²) in [7, 11) is 0. The summed E-state index contributed by atoms with van der Waals surface area (Å²) in [6.45, 7) is 2.84. The first kappa shape index (κ1) is 31.3. The lowest BCUT2D eigenvalue weighted by Crippen LogP contribution is -2.32. The number of hydrogen-bond donors (Lipinski definition) is 2. The molecule has 8 heteroatoms. The zero-order valence-corrected chi connectivity index (χ0v) is 24.8. The minimum atomic E-state index is -1.03. The SMILES string of the molecule is CCCC(=O)N(CCCOc1ccc(C[C@H](Nc2ccccc2C(=O)c2ccccc2)C(=O)O)cc1)c1ccccc1Cl. The largest absolute Gasteiger partial charge is 0.494 e. The van der Waals surface area contributed by atoms with Crippen molar-refractivity contribution in [1.29, 1.82) is 0 Å². The third-order valence-corrected chi connectivity index (χ3v) is 7.22. The topological polar surface area (TPSA) is 95.9 Å². The number of hydrogen-bond acceptors (Lipinski definition) is 5. The summed E-state index contributed by atoms with van der Waals surface area (Å²) < 4.78 is 5.91. The maximum Gasteiger partial charge on any atom is 0.326 e. The molecular weight excluding hydrogens is 564 g/mol. The average molecular weight is 599 g/mol. The normalized spacial score (nSPS) is 11.4. The van der Waals surface area contributed by atoms with Crippen molar-refractivity contribution in [2.24, 2.45) is 0 Å². The first-order valence-corrected chi connectivity index (χ1v) is 14.7. The van der Waals surface area contributed by atoms with Crippen molar-refractivity contribution in [1.82, 2.24) is 0 Å². The first-order valence-electron chi connectivity index (χ1n) is 14.3. The zero-order valence-electron chi connectivity index (χ0n) is 24.0. The maximum atomic E-state index is 13.1. The van der Waals surface area contributed by atoms with E-state index < -0.39 is 12.0 Å². The van der Waals surface area contributed by atoms with E-state index in [2.05, 4.69) is 5.32 Å². The van der Waals surface area contributed by atoms with Gasteiger partial charge in [0, 0.05) is 36.2 Å². The molecular formula is C35H35ClN2O5. The number of halogens is 1. The number of benzene rings is 4. The molecule has 0 fully saturated rings. The molecule has 0 aliphatic rings. The van der Waals surface area contributed by atoms with Crippen molar-refractivity contribution in [3.63, 3.8) is 0 Å². The quantitative estimate of drug-likeness (QED) is 0.110. The number of carboxylic acid groups (broad SMARTS) is 1. The van der Waals surface area contributed by atoms with Gasteiger partial charge in [-0.2, -0.15) is 0 Å². The van der Waals surface area contributed by atoms with E-state index in [4.69, 9.17) is 16.3 Å². The molecule has 222 valence electrons. The van der Waals surface area contributed by atoms with E-state index in [1.54, 1.807) is 71.6 Å². The number of anilines is 2. The van der Waals surface area contributed by atoms with Crippen LogP contribution in [-0.4, -0.2) is 42.0 Å². The molecule has 0 aromatic heterocycles. The number of nitrogens with zero attached hydrogens (tertiary/aromatic N) is 1. The molecule has 7 nitrogen and oxygen atoms in total. The van der Waals surface area contributed by atoms with Crippen LogP contribution < -0.4 is 15.0 Å². The third kappa shape index (κ3) is 8.69. The van der Waals surface area contributed by atoms with Gasteiger partial charge in [0.1, 0.15) is 11.8 Å². The minimum absolute atomic E-state index is 0.0219. The summed E-state index contributed by atoms with van der Waals surface area (Å²) in [6.07, 6.45) is 2.00. The molecule has 0 heterocycles. The van der Waals surface area contributed by atoms with Crippen LogP contribution in [0.1, 0.15) is 47.7 Å². The van der Waals surface area contributed by atoms with Gasteiger partial charge in [-0.15, -0.1) is 0 Å². The molecule has 0 unspecified atom stereocenters. The van der Waals surface area contributed by atoms with E-state index in [1.807, 2.05) is 43.3 Å². The van der Waals surface area contributed by atoms with E-state index in [0.29, 0.717) is 59.3 Å². The van der Waals surface area contributed by atoms with Crippen molar-refractivity contribution in [3.8, 4) is 5.75 Å². The van der Waals surface area contributed by atoms with E-state index in [-0.39, 0.29) is 18.1 Å². The lowest BCUT2D eigenvalue weighted by molar-refractivity contribution is -0.137. The van der Waals surface area contributed by atoms with E-state index in [0.717, 1.165) is 12.0 Å². The Labute approximate surface area is 257 Å². The number of ether oxygens (including phenoxy) is 1. The highest BCUT2D eigenvalue weighted by molar-refractivity contribution is 6.33. The van der Waals surface area contributed by atoms with Crippen LogP contribution in [0.15, 0.2) is 103 Å². The zero-order chi connectivity index (χ0) is 30.6. The monoisotopic (exact) mass is 598 g/mol. The predicted molar refractivity (Wildman–Crippen MR) is 170 cm³/mol. The number of aliphatic carboxylic acids is 1. The minimum Gasteiger partial charge on any atom is -0.494 e. The summed E-state index contributed by atoms with van der Waals surface area (Å²) >= 11 is 6.35. The summed E-state index contributed by atoms with van der Waals surface area (Å²) in [4.78, 5) is 39.7. The number of carboxylic acids is 1. The predicted octanol–water partition coefficient (Wildman–Crippen LogP) is 7.28. The standard InChI is InChI=1S/C35H35ClN2O5/c1-2-11-33(39)38(32-17-9-7-15-29(32)36)22-10-23-43-27-20-18-25(19-21-27)24-31(35(41)42)37-30-16-8-6-14-28(30)34(40)26-12-4-3-5-13-26/h3-9,12-21,31,37H,2,10-11,22-24H2,1H3,(H,41,42)/t31-/m0/s1. The number of nitrogens with one attached hydrogen (secondary N) is 1. The molecule has 4 rings (SSSR count). The highest BCUT2D eigenvalue weighted by Gasteiger charge is 2.22. The highest BCUT2D eigenvalue weighted by Crippen LogP contribution is 2.27. The maximum absolute atomic E-state index is 13.1. The fraction of sp³-hybridized carbons (Fsp3) is 0.229. The Hall–Kier alpha value is -4.62. The molecule has 43 heavy (non-hydrogen) atoms. The van der Waals surface area contributed by atoms with Crippen LogP contribution in [0, 0.1) is 0 Å². The van der Waals surface area contributed by atoms with Gasteiger partial charge in [-0.25, -0.2) is 4.79 Å². The second-order valence-electron chi connectivity index (χ2n) is 10.1. The molecule has 0 saturated carbocycles. The number of ketones is 1. The number of para-hydroxylation sites is 2. The van der Waals surface area contributed by atoms with E-state index in [1.165, 1.54) is 0 Å². The molecule has 2 N–H and O–H groups in total. The van der Waals surface area contributed by atoms with Gasteiger partial charge in [0.15, 0.2) is 5.78 Å². The van der Waals surface area contributed by atoms with Crippen molar-refractivity contribution < 1.29 is 24.2 Å².